The molecule has 1 saturated heterocycles. The Morgan fingerprint density at radius 3 is 2.55 bits per heavy atom. The van der Waals surface area contributed by atoms with E-state index in [-0.39, 0.29) is 21.9 Å². The molecule has 0 radical (unpaired) electrons. The van der Waals surface area contributed by atoms with Crippen LogP contribution in [0.1, 0.15) is 55.6 Å². The molecule has 3 heterocycles. The molecule has 1 fully saturated rings. The minimum atomic E-state index is -4.25. The fraction of sp³-hybridized carbons (Fsp3) is 0.393. The van der Waals surface area contributed by atoms with Crippen LogP contribution >= 0.6 is 0 Å². The smallest absolute Gasteiger partial charge is 0.281 e. The van der Waals surface area contributed by atoms with Crippen molar-refractivity contribution >= 4 is 27.6 Å². The number of sulfonamides is 1. The zero-order chi connectivity index (χ0) is 27.8. The number of carbonyl (C=O) groups is 1. The third-order valence-corrected chi connectivity index (χ3v) is 8.14. The molecule has 3 N–H and O–H groups in total. The molecule has 1 amide bonds. The first kappa shape index (κ1) is 27.4. The molecular weight excluding hydrogens is 502 g/mol. The molecule has 9 nitrogen and oxygen atoms in total. The first-order valence-corrected chi connectivity index (χ1v) is 14.1. The lowest BCUT2D eigenvalue weighted by molar-refractivity contribution is 0.0981. The van der Waals surface area contributed by atoms with Gasteiger partial charge in [-0.3, -0.25) is 4.79 Å². The monoisotopic (exact) mass is 537 g/mol. The van der Waals surface area contributed by atoms with Crippen molar-refractivity contribution in [2.45, 2.75) is 58.5 Å². The molecule has 38 heavy (non-hydrogen) atoms. The number of anilines is 2. The zero-order valence-electron chi connectivity index (χ0n) is 22.7. The average molecular weight is 538 g/mol. The Morgan fingerprint density at radius 1 is 1.18 bits per heavy atom. The van der Waals surface area contributed by atoms with E-state index in [2.05, 4.69) is 35.4 Å². The van der Waals surface area contributed by atoms with Crippen LogP contribution in [0.5, 0.6) is 5.75 Å². The maximum absolute atomic E-state index is 13.4. The molecule has 0 saturated carbocycles. The lowest BCUT2D eigenvalue weighted by Crippen LogP contribution is -2.41. The van der Waals surface area contributed by atoms with Crippen LogP contribution in [0.4, 0.5) is 11.6 Å². The van der Waals surface area contributed by atoms with Crippen LogP contribution in [0.25, 0.3) is 11.3 Å². The number of carbonyl (C=O) groups excluding carboxylic acids is 1. The Hall–Kier alpha value is -3.66. The van der Waals surface area contributed by atoms with Crippen LogP contribution in [-0.2, 0) is 10.0 Å². The number of ether oxygens (including phenoxy) is 1. The van der Waals surface area contributed by atoms with Crippen LogP contribution in [0, 0.1) is 19.8 Å². The quantitative estimate of drug-likeness (QED) is 0.451. The summed E-state index contributed by atoms with van der Waals surface area (Å²) in [6.07, 6.45) is 0.906. The molecule has 1 aliphatic rings. The van der Waals surface area contributed by atoms with Gasteiger partial charge in [-0.2, -0.15) is 8.42 Å². The van der Waals surface area contributed by atoms with Gasteiger partial charge in [-0.1, -0.05) is 13.0 Å². The summed E-state index contributed by atoms with van der Waals surface area (Å²) in [4.78, 5) is 24.3. The third kappa shape index (κ3) is 5.45. The van der Waals surface area contributed by atoms with E-state index in [1.54, 1.807) is 12.1 Å². The Morgan fingerprint density at radius 2 is 1.92 bits per heavy atom. The average Bonchev–Trinajstić information content (AvgIpc) is 3.12. The van der Waals surface area contributed by atoms with E-state index in [1.165, 1.54) is 18.2 Å². The molecule has 2 aromatic heterocycles. The van der Waals surface area contributed by atoms with Gasteiger partial charge in [-0.05, 0) is 94.5 Å². The summed E-state index contributed by atoms with van der Waals surface area (Å²) in [5, 5.41) is -0.328. The molecule has 3 aromatic rings. The first-order valence-electron chi connectivity index (χ1n) is 12.6. The van der Waals surface area contributed by atoms with Gasteiger partial charge in [0.05, 0.1) is 17.9 Å². The number of hydrogen-bond donors (Lipinski definition) is 2. The highest BCUT2D eigenvalue weighted by molar-refractivity contribution is 7.90. The number of nitrogens with one attached hydrogen (secondary N) is 1. The highest BCUT2D eigenvalue weighted by Crippen LogP contribution is 2.39. The van der Waals surface area contributed by atoms with Gasteiger partial charge in [0.25, 0.3) is 15.9 Å². The number of aromatic nitrogens is 2. The van der Waals surface area contributed by atoms with Crippen LogP contribution in [0.3, 0.4) is 0 Å². The number of benzene rings is 1. The Balaban J connectivity index is 1.81. The summed E-state index contributed by atoms with van der Waals surface area (Å²) in [6.45, 7) is 13.5. The molecule has 0 unspecified atom stereocenters. The first-order chi connectivity index (χ1) is 17.8. The van der Waals surface area contributed by atoms with Gasteiger partial charge in [-0.25, -0.2) is 14.7 Å². The largest absolute Gasteiger partial charge is 0.494 e. The van der Waals surface area contributed by atoms with Crippen molar-refractivity contribution in [1.82, 2.24) is 14.7 Å². The van der Waals surface area contributed by atoms with Crippen LogP contribution in [-0.4, -0.2) is 43.0 Å². The second kappa shape index (κ2) is 10.2. The normalized spacial score (nSPS) is 16.9. The van der Waals surface area contributed by atoms with E-state index in [9.17, 15) is 13.2 Å². The maximum Gasteiger partial charge on any atom is 0.281 e. The molecule has 1 aliphatic heterocycles. The molecule has 0 spiro atoms. The summed E-state index contributed by atoms with van der Waals surface area (Å²) >= 11 is 0. The zero-order valence-corrected chi connectivity index (χ0v) is 23.5. The van der Waals surface area contributed by atoms with E-state index >= 15 is 0 Å². The van der Waals surface area contributed by atoms with Crippen molar-refractivity contribution in [3.63, 3.8) is 0 Å². The minimum absolute atomic E-state index is 0.0413. The highest BCUT2D eigenvalue weighted by atomic mass is 32.2. The molecule has 202 valence electrons. The molecule has 10 heteroatoms. The Kier molecular flexibility index (Phi) is 7.38. The second-order valence-corrected chi connectivity index (χ2v) is 12.1. The van der Waals surface area contributed by atoms with Gasteiger partial charge in [0.2, 0.25) is 0 Å². The van der Waals surface area contributed by atoms with E-state index in [4.69, 9.17) is 15.5 Å². The fourth-order valence-corrected chi connectivity index (χ4v) is 5.98. The van der Waals surface area contributed by atoms with Crippen molar-refractivity contribution in [2.75, 3.05) is 23.8 Å². The topological polar surface area (TPSA) is 128 Å². The molecule has 1 aromatic carbocycles. The van der Waals surface area contributed by atoms with E-state index < -0.39 is 15.9 Å². The van der Waals surface area contributed by atoms with Crippen LogP contribution < -0.4 is 20.1 Å². The van der Waals surface area contributed by atoms with E-state index in [0.29, 0.717) is 30.6 Å². The van der Waals surface area contributed by atoms with Gasteiger partial charge in [-0.15, -0.1) is 0 Å². The number of nitrogen functional groups attached to an aromatic ring is 1. The summed E-state index contributed by atoms with van der Waals surface area (Å²) in [6, 6.07) is 11.6. The summed E-state index contributed by atoms with van der Waals surface area (Å²) in [5.74, 6) is 0.843. The van der Waals surface area contributed by atoms with Gasteiger partial charge in [0.15, 0.2) is 5.03 Å². The van der Waals surface area contributed by atoms with Crippen molar-refractivity contribution in [3.8, 4) is 17.0 Å². The number of hydrogen-bond acceptors (Lipinski definition) is 8. The number of amides is 1. The fourth-order valence-electron chi connectivity index (χ4n) is 5.04. The lowest BCUT2D eigenvalue weighted by atomic mass is 9.97. The van der Waals surface area contributed by atoms with Crippen molar-refractivity contribution < 1.29 is 17.9 Å². The third-order valence-electron chi connectivity index (χ3n) is 6.91. The number of aryl methyl sites for hydroxylation is 1. The summed E-state index contributed by atoms with van der Waals surface area (Å²) in [5.41, 5.74) is 9.17. The molecule has 4 rings (SSSR count). The SMILES string of the molecule is CCOc1cc(-c2ccc(C(=O)NS(=O)(=O)c3cccc(N)n3)c(N3C[C@@H](C)CC3(C)C)n2)cc(C)c1C. The van der Waals surface area contributed by atoms with Gasteiger partial charge in [0.1, 0.15) is 17.4 Å². The summed E-state index contributed by atoms with van der Waals surface area (Å²) in [7, 11) is -4.25. The Bertz CT molecular complexity index is 1490. The van der Waals surface area contributed by atoms with Gasteiger partial charge in [0, 0.05) is 17.6 Å². The molecule has 0 aliphatic carbocycles. The second-order valence-electron chi connectivity index (χ2n) is 10.5. The maximum atomic E-state index is 13.4. The number of rotatable bonds is 7. The molecular formula is C28H35N5O4S. The van der Waals surface area contributed by atoms with Gasteiger partial charge < -0.3 is 15.4 Å². The van der Waals surface area contributed by atoms with E-state index in [0.717, 1.165) is 28.9 Å². The van der Waals surface area contributed by atoms with Gasteiger partial charge >= 0.3 is 0 Å². The Labute approximate surface area is 224 Å². The number of pyridine rings is 2. The molecule has 0 bridgehead atoms. The van der Waals surface area contributed by atoms with Crippen molar-refractivity contribution in [1.29, 1.82) is 0 Å². The number of nitrogens with two attached hydrogens (primary N) is 1. The highest BCUT2D eigenvalue weighted by Gasteiger charge is 2.39. The lowest BCUT2D eigenvalue weighted by Gasteiger charge is -2.34. The standard InChI is InChI=1S/C28H35N5O4S/c1-7-37-23-14-20(13-18(3)19(23)4)22-12-11-21(26(30-22)33-16-17(2)15-28(33,5)6)27(34)32-38(35,36)25-10-8-9-24(29)31-25/h8-14,17H,7,15-16H2,1-6H3,(H2,29,31)(H,32,34)/t17-/m0/s1. The van der Waals surface area contributed by atoms with Crippen molar-refractivity contribution in [3.05, 3.63) is 59.2 Å². The van der Waals surface area contributed by atoms with E-state index in [1.807, 2.05) is 32.9 Å². The predicted octanol–water partition coefficient (Wildman–Crippen LogP) is 4.48. The minimum Gasteiger partial charge on any atom is -0.494 e. The molecule has 1 atom stereocenters. The van der Waals surface area contributed by atoms with Crippen LogP contribution in [0.2, 0.25) is 0 Å². The number of nitrogens with zero attached hydrogens (tertiary/aromatic N) is 3. The predicted molar refractivity (Wildman–Crippen MR) is 149 cm³/mol. The summed E-state index contributed by atoms with van der Waals surface area (Å²) < 4.78 is 33.9. The van der Waals surface area contributed by atoms with Crippen LogP contribution in [0.15, 0.2) is 47.5 Å². The van der Waals surface area contributed by atoms with Crippen molar-refractivity contribution in [2.24, 2.45) is 5.92 Å².